The van der Waals surface area contributed by atoms with E-state index in [-0.39, 0.29) is 33.6 Å². The van der Waals surface area contributed by atoms with Crippen LogP contribution in [0, 0.1) is 5.82 Å². The van der Waals surface area contributed by atoms with Crippen molar-refractivity contribution in [3.8, 4) is 23.1 Å². The largest absolute Gasteiger partial charge is 0.481 e. The van der Waals surface area contributed by atoms with Crippen LogP contribution in [-0.2, 0) is 16.4 Å². The maximum absolute atomic E-state index is 13.9. The van der Waals surface area contributed by atoms with E-state index < -0.39 is 34.6 Å². The summed E-state index contributed by atoms with van der Waals surface area (Å²) in [4.78, 5) is 13.9. The van der Waals surface area contributed by atoms with Crippen LogP contribution in [0.5, 0.6) is 11.8 Å². The molecular formula is C17H16F3N5O4S. The molecule has 0 aliphatic heterocycles. The topological polar surface area (TPSA) is 119 Å². The van der Waals surface area contributed by atoms with Crippen LogP contribution in [-0.4, -0.2) is 49.0 Å². The number of methoxy groups -OCH3 is 2. The minimum Gasteiger partial charge on any atom is -0.481 e. The third kappa shape index (κ3) is 4.45. The van der Waals surface area contributed by atoms with E-state index in [1.807, 2.05) is 0 Å². The fourth-order valence-electron chi connectivity index (χ4n) is 2.59. The summed E-state index contributed by atoms with van der Waals surface area (Å²) in [6.07, 6.45) is -0.968. The van der Waals surface area contributed by atoms with E-state index in [1.165, 1.54) is 38.6 Å². The number of H-pyrrole nitrogens is 1. The van der Waals surface area contributed by atoms with E-state index in [2.05, 4.69) is 24.7 Å². The van der Waals surface area contributed by atoms with Crippen molar-refractivity contribution in [2.24, 2.45) is 0 Å². The van der Waals surface area contributed by atoms with Gasteiger partial charge in [0, 0.05) is 18.8 Å². The Morgan fingerprint density at radius 2 is 1.87 bits per heavy atom. The van der Waals surface area contributed by atoms with Gasteiger partial charge in [0.25, 0.3) is 10.0 Å². The standard InChI is InChI=1S/C17H16F3N5O4S/c1-28-15-10(7-13(19)20)16(29-2)24-17(23-15)25-30(26,27)9-6-12(22-8-9)14-11(18)4-3-5-21-14/h3-6,8,13,22H,7H2,1-2H3,(H,23,24,25). The lowest BCUT2D eigenvalue weighted by atomic mass is 10.2. The summed E-state index contributed by atoms with van der Waals surface area (Å²) >= 11 is 0. The Morgan fingerprint density at radius 3 is 2.43 bits per heavy atom. The number of anilines is 1. The Bertz CT molecular complexity index is 1130. The highest BCUT2D eigenvalue weighted by molar-refractivity contribution is 7.92. The molecule has 0 atom stereocenters. The summed E-state index contributed by atoms with van der Waals surface area (Å²) in [5, 5.41) is 0. The molecule has 0 saturated heterocycles. The first-order chi connectivity index (χ1) is 14.2. The molecule has 2 N–H and O–H groups in total. The van der Waals surface area contributed by atoms with Gasteiger partial charge in [-0.3, -0.25) is 4.98 Å². The molecule has 9 nitrogen and oxygen atoms in total. The molecule has 3 aromatic heterocycles. The van der Waals surface area contributed by atoms with Gasteiger partial charge in [0.05, 0.1) is 25.5 Å². The predicted octanol–water partition coefficient (Wildman–Crippen LogP) is 2.63. The second-order valence-electron chi connectivity index (χ2n) is 5.83. The highest BCUT2D eigenvalue weighted by atomic mass is 32.2. The minimum absolute atomic E-state index is 0.0603. The molecule has 3 aromatic rings. The van der Waals surface area contributed by atoms with E-state index in [1.54, 1.807) is 0 Å². The van der Waals surface area contributed by atoms with Crippen molar-refractivity contribution in [3.63, 3.8) is 0 Å². The molecule has 0 aliphatic carbocycles. The number of sulfonamides is 1. The average molecular weight is 443 g/mol. The van der Waals surface area contributed by atoms with Gasteiger partial charge in [-0.2, -0.15) is 9.97 Å². The summed E-state index contributed by atoms with van der Waals surface area (Å²) < 4.78 is 76.9. The molecule has 0 bridgehead atoms. The van der Waals surface area contributed by atoms with Crippen LogP contribution in [0.2, 0.25) is 0 Å². The van der Waals surface area contributed by atoms with Crippen LogP contribution in [0.1, 0.15) is 5.56 Å². The third-order valence-corrected chi connectivity index (χ3v) is 5.19. The molecule has 0 amide bonds. The zero-order chi connectivity index (χ0) is 21.9. The monoisotopic (exact) mass is 443 g/mol. The number of aromatic amines is 1. The number of alkyl halides is 2. The van der Waals surface area contributed by atoms with Crippen LogP contribution < -0.4 is 14.2 Å². The third-order valence-electron chi connectivity index (χ3n) is 3.88. The van der Waals surface area contributed by atoms with Gasteiger partial charge in [-0.15, -0.1) is 0 Å². The summed E-state index contributed by atoms with van der Waals surface area (Å²) in [5.41, 5.74) is -0.0285. The van der Waals surface area contributed by atoms with Crippen molar-refractivity contribution in [2.45, 2.75) is 17.7 Å². The molecule has 160 valence electrons. The number of aromatic nitrogens is 4. The highest BCUT2D eigenvalue weighted by Gasteiger charge is 2.24. The lowest BCUT2D eigenvalue weighted by Crippen LogP contribution is -2.16. The summed E-state index contributed by atoms with van der Waals surface area (Å²) in [6, 6.07) is 3.76. The van der Waals surface area contributed by atoms with Crippen molar-refractivity contribution < 1.29 is 31.1 Å². The molecule has 30 heavy (non-hydrogen) atoms. The Balaban J connectivity index is 1.93. The normalized spacial score (nSPS) is 11.5. The van der Waals surface area contributed by atoms with Gasteiger partial charge in [0.2, 0.25) is 24.1 Å². The molecule has 0 aliphatic rings. The van der Waals surface area contributed by atoms with Gasteiger partial charge in [0.15, 0.2) is 5.82 Å². The van der Waals surface area contributed by atoms with Gasteiger partial charge >= 0.3 is 0 Å². The molecule has 3 rings (SSSR count). The predicted molar refractivity (Wildman–Crippen MR) is 99.6 cm³/mol. The number of hydrogen-bond acceptors (Lipinski definition) is 7. The van der Waals surface area contributed by atoms with E-state index in [0.29, 0.717) is 0 Å². The molecule has 3 heterocycles. The van der Waals surface area contributed by atoms with Crippen molar-refractivity contribution >= 4 is 16.0 Å². The zero-order valence-corrected chi connectivity index (χ0v) is 16.5. The fraction of sp³-hybridized carbons (Fsp3) is 0.235. The van der Waals surface area contributed by atoms with E-state index in [0.717, 1.165) is 6.20 Å². The SMILES string of the molecule is COc1nc(NS(=O)(=O)c2c[nH]c(-c3ncccc3F)c2)nc(OC)c1CC(F)F. The second-order valence-corrected chi connectivity index (χ2v) is 7.51. The Labute approximate surface area is 169 Å². The lowest BCUT2D eigenvalue weighted by molar-refractivity contribution is 0.146. The molecule has 0 aromatic carbocycles. The number of nitrogens with zero attached hydrogens (tertiary/aromatic N) is 3. The van der Waals surface area contributed by atoms with Gasteiger partial charge in [-0.05, 0) is 18.2 Å². The Hall–Kier alpha value is -3.35. The maximum Gasteiger partial charge on any atom is 0.265 e. The van der Waals surface area contributed by atoms with Crippen molar-refractivity contribution in [3.05, 3.63) is 42.0 Å². The first-order valence-electron chi connectivity index (χ1n) is 8.34. The Kier molecular flexibility index (Phi) is 6.10. The molecule has 0 unspecified atom stereocenters. The van der Waals surface area contributed by atoms with Gasteiger partial charge in [-0.25, -0.2) is 26.3 Å². The highest BCUT2D eigenvalue weighted by Crippen LogP contribution is 2.30. The number of hydrogen-bond donors (Lipinski definition) is 2. The number of pyridine rings is 1. The number of nitrogens with one attached hydrogen (secondary N) is 2. The molecule has 0 saturated carbocycles. The van der Waals surface area contributed by atoms with Crippen molar-refractivity contribution in [2.75, 3.05) is 18.9 Å². The second kappa shape index (κ2) is 8.57. The zero-order valence-electron chi connectivity index (χ0n) is 15.7. The van der Waals surface area contributed by atoms with Crippen LogP contribution in [0.15, 0.2) is 35.5 Å². The quantitative estimate of drug-likeness (QED) is 0.549. The van der Waals surface area contributed by atoms with Crippen LogP contribution >= 0.6 is 0 Å². The smallest absolute Gasteiger partial charge is 0.265 e. The van der Waals surface area contributed by atoms with Crippen molar-refractivity contribution in [1.29, 1.82) is 0 Å². The molecule has 0 fully saturated rings. The summed E-state index contributed by atoms with van der Waals surface area (Å²) in [5.74, 6) is -1.60. The van der Waals surface area contributed by atoms with Crippen LogP contribution in [0.3, 0.4) is 0 Å². The molecule has 0 spiro atoms. The summed E-state index contributed by atoms with van der Waals surface area (Å²) in [6.45, 7) is 0. The fourth-order valence-corrected chi connectivity index (χ4v) is 3.52. The first-order valence-corrected chi connectivity index (χ1v) is 9.82. The Morgan fingerprint density at radius 1 is 1.20 bits per heavy atom. The van der Waals surface area contributed by atoms with Gasteiger partial charge in [-0.1, -0.05) is 0 Å². The van der Waals surface area contributed by atoms with E-state index in [4.69, 9.17) is 9.47 Å². The number of rotatable bonds is 8. The molecular weight excluding hydrogens is 427 g/mol. The van der Waals surface area contributed by atoms with Crippen LogP contribution in [0.25, 0.3) is 11.4 Å². The van der Waals surface area contributed by atoms with E-state index in [9.17, 15) is 21.6 Å². The number of ether oxygens (including phenoxy) is 2. The van der Waals surface area contributed by atoms with Gasteiger partial charge in [0.1, 0.15) is 10.6 Å². The molecule has 13 heteroatoms. The van der Waals surface area contributed by atoms with Gasteiger partial charge < -0.3 is 14.5 Å². The number of halogens is 3. The molecule has 0 radical (unpaired) electrons. The first kappa shape index (κ1) is 21.4. The van der Waals surface area contributed by atoms with Crippen molar-refractivity contribution in [1.82, 2.24) is 19.9 Å². The maximum atomic E-state index is 13.9. The minimum atomic E-state index is -4.21. The van der Waals surface area contributed by atoms with E-state index >= 15 is 0 Å². The summed E-state index contributed by atoms with van der Waals surface area (Å²) in [7, 11) is -1.84. The lowest BCUT2D eigenvalue weighted by Gasteiger charge is -2.13. The average Bonchev–Trinajstić information content (AvgIpc) is 3.19. The van der Waals surface area contributed by atoms with Crippen LogP contribution in [0.4, 0.5) is 19.1 Å².